The number of halogens is 2. The number of aryl methyl sites for hydroxylation is 2. The lowest BCUT2D eigenvalue weighted by atomic mass is 10.0. The second-order valence-corrected chi connectivity index (χ2v) is 4.60. The molecule has 0 heterocycles. The summed E-state index contributed by atoms with van der Waals surface area (Å²) in [6.07, 6.45) is 0. The number of ether oxygens (including phenoxy) is 1. The van der Waals surface area contributed by atoms with Crippen LogP contribution in [0.2, 0.25) is 0 Å². The number of carbonyl (C=O) groups is 1. The number of hydrogen-bond donors (Lipinski definition) is 0. The number of ketones is 1. The van der Waals surface area contributed by atoms with Crippen LogP contribution in [0.15, 0.2) is 36.4 Å². The number of rotatable bonds is 4. The minimum Gasteiger partial charge on any atom is -0.482 e. The summed E-state index contributed by atoms with van der Waals surface area (Å²) >= 11 is 0. The average molecular weight is 276 g/mol. The molecule has 0 spiro atoms. The second-order valence-electron chi connectivity index (χ2n) is 4.60. The summed E-state index contributed by atoms with van der Waals surface area (Å²) in [5.41, 5.74) is 2.45. The van der Waals surface area contributed by atoms with Gasteiger partial charge in [0.05, 0.1) is 0 Å². The monoisotopic (exact) mass is 276 g/mol. The van der Waals surface area contributed by atoms with Gasteiger partial charge in [0.1, 0.15) is 5.82 Å². The highest BCUT2D eigenvalue weighted by molar-refractivity contribution is 5.98. The molecule has 0 atom stereocenters. The molecule has 0 N–H and O–H groups in total. The third-order valence-electron chi connectivity index (χ3n) is 2.94. The smallest absolute Gasteiger partial charge is 0.200 e. The highest BCUT2D eigenvalue weighted by Gasteiger charge is 2.12. The fraction of sp³-hybridized carbons (Fsp3) is 0.188. The predicted octanol–water partition coefficient (Wildman–Crippen LogP) is 3.84. The van der Waals surface area contributed by atoms with Gasteiger partial charge in [-0.1, -0.05) is 23.8 Å². The van der Waals surface area contributed by atoms with Gasteiger partial charge in [-0.05, 0) is 31.5 Å². The minimum atomic E-state index is -0.821. The molecule has 0 amide bonds. The van der Waals surface area contributed by atoms with Gasteiger partial charge >= 0.3 is 0 Å². The van der Waals surface area contributed by atoms with Crippen molar-refractivity contribution in [2.75, 3.05) is 6.61 Å². The fourth-order valence-corrected chi connectivity index (χ4v) is 1.94. The molecule has 0 saturated carbocycles. The molecule has 0 aliphatic rings. The number of carbonyl (C=O) groups excluding carboxylic acids is 1. The molecule has 4 heteroatoms. The van der Waals surface area contributed by atoms with Gasteiger partial charge in [-0.2, -0.15) is 0 Å². The van der Waals surface area contributed by atoms with E-state index >= 15 is 0 Å². The van der Waals surface area contributed by atoms with Crippen molar-refractivity contribution in [2.45, 2.75) is 13.8 Å². The Morgan fingerprint density at radius 3 is 2.50 bits per heavy atom. The highest BCUT2D eigenvalue weighted by atomic mass is 19.1. The van der Waals surface area contributed by atoms with E-state index in [1.54, 1.807) is 6.07 Å². The van der Waals surface area contributed by atoms with Crippen molar-refractivity contribution < 1.29 is 18.3 Å². The Bertz CT molecular complexity index is 651. The molecule has 0 aliphatic heterocycles. The van der Waals surface area contributed by atoms with E-state index in [0.29, 0.717) is 5.56 Å². The van der Waals surface area contributed by atoms with Crippen LogP contribution in [-0.2, 0) is 0 Å². The average Bonchev–Trinajstić information content (AvgIpc) is 2.37. The SMILES string of the molecule is Cc1ccc(C(=O)COc2ccc(F)cc2F)c(C)c1. The van der Waals surface area contributed by atoms with E-state index in [1.165, 1.54) is 6.07 Å². The number of hydrogen-bond acceptors (Lipinski definition) is 2. The summed E-state index contributed by atoms with van der Waals surface area (Å²) in [6, 6.07) is 8.42. The van der Waals surface area contributed by atoms with Crippen LogP contribution in [0.3, 0.4) is 0 Å². The van der Waals surface area contributed by atoms with E-state index in [2.05, 4.69) is 0 Å². The standard InChI is InChI=1S/C16H14F2O2/c1-10-3-5-13(11(2)7-10)15(19)9-20-16-6-4-12(17)8-14(16)18/h3-8H,9H2,1-2H3. The molecule has 0 aliphatic carbocycles. The molecule has 0 unspecified atom stereocenters. The highest BCUT2D eigenvalue weighted by Crippen LogP contribution is 2.18. The van der Waals surface area contributed by atoms with Crippen LogP contribution < -0.4 is 4.74 Å². The summed E-state index contributed by atoms with van der Waals surface area (Å²) in [5.74, 6) is -1.88. The van der Waals surface area contributed by atoms with Crippen LogP contribution in [0.25, 0.3) is 0 Å². The third-order valence-corrected chi connectivity index (χ3v) is 2.94. The maximum Gasteiger partial charge on any atom is 0.200 e. The van der Waals surface area contributed by atoms with Crippen molar-refractivity contribution in [1.82, 2.24) is 0 Å². The Morgan fingerprint density at radius 2 is 1.85 bits per heavy atom. The van der Waals surface area contributed by atoms with Gasteiger partial charge in [0.25, 0.3) is 0 Å². The zero-order chi connectivity index (χ0) is 14.7. The molecule has 20 heavy (non-hydrogen) atoms. The molecule has 0 fully saturated rings. The van der Waals surface area contributed by atoms with E-state index < -0.39 is 11.6 Å². The lowest BCUT2D eigenvalue weighted by molar-refractivity contribution is 0.0918. The van der Waals surface area contributed by atoms with Crippen molar-refractivity contribution in [1.29, 1.82) is 0 Å². The van der Waals surface area contributed by atoms with Gasteiger partial charge in [0, 0.05) is 11.6 Å². The molecule has 2 rings (SSSR count). The first kappa shape index (κ1) is 14.2. The predicted molar refractivity (Wildman–Crippen MR) is 72.1 cm³/mol. The quantitative estimate of drug-likeness (QED) is 0.793. The van der Waals surface area contributed by atoms with Crippen molar-refractivity contribution in [3.63, 3.8) is 0 Å². The molecule has 2 aromatic carbocycles. The second kappa shape index (κ2) is 5.82. The van der Waals surface area contributed by atoms with Crippen LogP contribution in [0.5, 0.6) is 5.75 Å². The van der Waals surface area contributed by atoms with Gasteiger partial charge in [0.2, 0.25) is 0 Å². The molecule has 0 saturated heterocycles. The van der Waals surface area contributed by atoms with E-state index in [-0.39, 0.29) is 18.1 Å². The summed E-state index contributed by atoms with van der Waals surface area (Å²) in [5, 5.41) is 0. The summed E-state index contributed by atoms with van der Waals surface area (Å²) in [7, 11) is 0. The maximum atomic E-state index is 13.4. The molecule has 0 bridgehead atoms. The first-order valence-corrected chi connectivity index (χ1v) is 6.15. The Hall–Kier alpha value is -2.23. The van der Waals surface area contributed by atoms with Crippen LogP contribution >= 0.6 is 0 Å². The molecular weight excluding hydrogens is 262 g/mol. The van der Waals surface area contributed by atoms with Crippen molar-refractivity contribution >= 4 is 5.78 Å². The third kappa shape index (κ3) is 3.20. The maximum absolute atomic E-state index is 13.4. The Balaban J connectivity index is 2.08. The summed E-state index contributed by atoms with van der Waals surface area (Å²) in [4.78, 5) is 12.0. The lowest BCUT2D eigenvalue weighted by Crippen LogP contribution is -2.13. The molecule has 2 aromatic rings. The lowest BCUT2D eigenvalue weighted by Gasteiger charge is -2.08. The van der Waals surface area contributed by atoms with Crippen LogP contribution in [0, 0.1) is 25.5 Å². The van der Waals surface area contributed by atoms with Gasteiger partial charge in [-0.25, -0.2) is 8.78 Å². The Kier molecular flexibility index (Phi) is 4.13. The Morgan fingerprint density at radius 1 is 1.10 bits per heavy atom. The topological polar surface area (TPSA) is 26.3 Å². The van der Waals surface area contributed by atoms with E-state index in [0.717, 1.165) is 23.3 Å². The Labute approximate surface area is 116 Å². The van der Waals surface area contributed by atoms with Crippen LogP contribution in [-0.4, -0.2) is 12.4 Å². The normalized spacial score (nSPS) is 10.4. The molecular formula is C16H14F2O2. The molecule has 104 valence electrons. The fourth-order valence-electron chi connectivity index (χ4n) is 1.94. The van der Waals surface area contributed by atoms with Crippen molar-refractivity contribution in [2.24, 2.45) is 0 Å². The number of Topliss-reactive ketones (excluding diaryl/α,β-unsaturated/α-hetero) is 1. The van der Waals surface area contributed by atoms with Gasteiger partial charge in [-0.15, -0.1) is 0 Å². The van der Waals surface area contributed by atoms with E-state index in [9.17, 15) is 13.6 Å². The molecule has 0 radical (unpaired) electrons. The number of benzene rings is 2. The van der Waals surface area contributed by atoms with Gasteiger partial charge in [-0.3, -0.25) is 4.79 Å². The van der Waals surface area contributed by atoms with Crippen molar-refractivity contribution in [3.05, 3.63) is 64.7 Å². The van der Waals surface area contributed by atoms with Crippen LogP contribution in [0.4, 0.5) is 8.78 Å². The first-order chi connectivity index (χ1) is 9.47. The molecule has 2 nitrogen and oxygen atoms in total. The first-order valence-electron chi connectivity index (χ1n) is 6.15. The van der Waals surface area contributed by atoms with Crippen LogP contribution in [0.1, 0.15) is 21.5 Å². The van der Waals surface area contributed by atoms with Gasteiger partial charge in [0.15, 0.2) is 24.0 Å². The largest absolute Gasteiger partial charge is 0.482 e. The summed E-state index contributed by atoms with van der Waals surface area (Å²) < 4.78 is 31.2. The van der Waals surface area contributed by atoms with Gasteiger partial charge < -0.3 is 4.74 Å². The zero-order valence-corrected chi connectivity index (χ0v) is 11.2. The minimum absolute atomic E-state index is 0.135. The van der Waals surface area contributed by atoms with E-state index in [1.807, 2.05) is 26.0 Å². The summed E-state index contributed by atoms with van der Waals surface area (Å²) in [6.45, 7) is 3.48. The van der Waals surface area contributed by atoms with Crippen molar-refractivity contribution in [3.8, 4) is 5.75 Å². The zero-order valence-electron chi connectivity index (χ0n) is 11.2. The molecule has 0 aromatic heterocycles. The van der Waals surface area contributed by atoms with E-state index in [4.69, 9.17) is 4.74 Å².